The van der Waals surface area contributed by atoms with Crippen LogP contribution in [0, 0.1) is 11.3 Å². The van der Waals surface area contributed by atoms with Crippen LogP contribution in [-0.2, 0) is 29.1 Å². The van der Waals surface area contributed by atoms with E-state index in [1.54, 1.807) is 20.8 Å². The Morgan fingerprint density at radius 3 is 2.33 bits per heavy atom. The number of sulfonamides is 1. The predicted molar refractivity (Wildman–Crippen MR) is 202 cm³/mol. The minimum atomic E-state index is -3.90. The SMILES string of the molecule is C=C[C@@H]1C[C@]1(NC(=O)[C@@H]1C[C@@H](Oc2nc3ccccc3nc2-c2cccs2)CN1C(=O)[C@@H](NC(=O)OC1CCCC1)C(C)(C)C)C(=O)NS(=O)(=O)C1CC1. The van der Waals surface area contributed by atoms with E-state index < -0.39 is 74.1 Å². The number of hydrogen-bond donors (Lipinski definition) is 3. The molecular weight excluding hydrogens is 733 g/mol. The number of fused-ring (bicyclic) bond motifs is 1. The van der Waals surface area contributed by atoms with Gasteiger partial charge in [0.05, 0.1) is 27.7 Å². The van der Waals surface area contributed by atoms with E-state index in [2.05, 4.69) is 21.9 Å². The quantitative estimate of drug-likeness (QED) is 0.222. The smallest absolute Gasteiger partial charge is 0.408 e. The monoisotopic (exact) mass is 778 g/mol. The maximum Gasteiger partial charge on any atom is 0.408 e. The summed E-state index contributed by atoms with van der Waals surface area (Å²) in [6.45, 7) is 9.15. The summed E-state index contributed by atoms with van der Waals surface area (Å²) in [5.74, 6) is -2.33. The molecule has 3 heterocycles. The molecule has 0 bridgehead atoms. The van der Waals surface area contributed by atoms with Crippen LogP contribution in [-0.4, -0.2) is 88.7 Å². The first-order chi connectivity index (χ1) is 25.7. The van der Waals surface area contributed by atoms with Crippen LogP contribution < -0.4 is 20.1 Å². The average molecular weight is 779 g/mol. The zero-order chi connectivity index (χ0) is 38.4. The van der Waals surface area contributed by atoms with Crippen LogP contribution in [0.2, 0.25) is 0 Å². The molecule has 1 aliphatic heterocycles. The molecule has 7 rings (SSSR count). The highest BCUT2D eigenvalue weighted by molar-refractivity contribution is 7.91. The number of likely N-dealkylation sites (tertiary alicyclic amines) is 1. The summed E-state index contributed by atoms with van der Waals surface area (Å²) in [6, 6.07) is 8.93. The maximum absolute atomic E-state index is 14.6. The van der Waals surface area contributed by atoms with E-state index in [1.165, 1.54) is 22.3 Å². The number of alkyl carbamates (subject to hydrolysis) is 1. The molecule has 3 N–H and O–H groups in total. The van der Waals surface area contributed by atoms with Crippen LogP contribution in [0.4, 0.5) is 4.79 Å². The molecule has 1 aromatic carbocycles. The number of carbonyl (C=O) groups excluding carboxylic acids is 4. The number of aromatic nitrogens is 2. The number of benzene rings is 1. The van der Waals surface area contributed by atoms with Gasteiger partial charge in [-0.2, -0.15) is 0 Å². The van der Waals surface area contributed by atoms with Crippen LogP contribution >= 0.6 is 11.3 Å². The van der Waals surface area contributed by atoms with Gasteiger partial charge in [-0.3, -0.25) is 19.1 Å². The highest BCUT2D eigenvalue weighted by Gasteiger charge is 2.62. The summed E-state index contributed by atoms with van der Waals surface area (Å²) < 4.78 is 39.8. The van der Waals surface area contributed by atoms with Crippen LogP contribution in [0.25, 0.3) is 21.6 Å². The van der Waals surface area contributed by atoms with E-state index in [0.717, 1.165) is 30.6 Å². The van der Waals surface area contributed by atoms with Crippen LogP contribution in [0.3, 0.4) is 0 Å². The van der Waals surface area contributed by atoms with Crippen molar-refractivity contribution in [1.29, 1.82) is 0 Å². The van der Waals surface area contributed by atoms with E-state index in [-0.39, 0.29) is 31.4 Å². The Morgan fingerprint density at radius 2 is 1.72 bits per heavy atom. The van der Waals surface area contributed by atoms with Gasteiger partial charge in [0.2, 0.25) is 27.7 Å². The third-order valence-electron chi connectivity index (χ3n) is 10.6. The van der Waals surface area contributed by atoms with Gasteiger partial charge >= 0.3 is 6.09 Å². The number of amides is 4. The van der Waals surface area contributed by atoms with Crippen molar-refractivity contribution in [3.05, 3.63) is 54.4 Å². The Morgan fingerprint density at radius 1 is 1.02 bits per heavy atom. The van der Waals surface area contributed by atoms with Gasteiger partial charge in [0.15, 0.2) is 0 Å². The molecule has 2 aromatic heterocycles. The molecule has 1 saturated heterocycles. The maximum atomic E-state index is 14.6. The van der Waals surface area contributed by atoms with Crippen molar-refractivity contribution in [2.45, 2.75) is 107 Å². The number of ether oxygens (including phenoxy) is 2. The number of rotatable bonds is 12. The molecule has 0 spiro atoms. The van der Waals surface area contributed by atoms with Gasteiger partial charge in [0, 0.05) is 12.3 Å². The molecule has 288 valence electrons. The van der Waals surface area contributed by atoms with Crippen molar-refractivity contribution in [3.8, 4) is 16.5 Å². The highest BCUT2D eigenvalue weighted by Crippen LogP contribution is 2.46. The lowest BCUT2D eigenvalue weighted by molar-refractivity contribution is -0.143. The van der Waals surface area contributed by atoms with E-state index in [4.69, 9.17) is 19.4 Å². The van der Waals surface area contributed by atoms with Crippen molar-refractivity contribution in [2.24, 2.45) is 11.3 Å². The van der Waals surface area contributed by atoms with Crippen molar-refractivity contribution in [2.75, 3.05) is 6.54 Å². The molecular formula is C38H46N6O8S2. The molecule has 54 heavy (non-hydrogen) atoms. The van der Waals surface area contributed by atoms with Gasteiger partial charge in [0.25, 0.3) is 5.91 Å². The second kappa shape index (κ2) is 14.6. The molecule has 16 heteroatoms. The first-order valence-corrected chi connectivity index (χ1v) is 20.9. The van der Waals surface area contributed by atoms with Gasteiger partial charge in [-0.15, -0.1) is 17.9 Å². The van der Waals surface area contributed by atoms with E-state index in [0.29, 0.717) is 29.6 Å². The fourth-order valence-electron chi connectivity index (χ4n) is 7.32. The fourth-order valence-corrected chi connectivity index (χ4v) is 9.39. The number of nitrogens with zero attached hydrogens (tertiary/aromatic N) is 3. The Labute approximate surface area is 318 Å². The van der Waals surface area contributed by atoms with Crippen molar-refractivity contribution in [3.63, 3.8) is 0 Å². The van der Waals surface area contributed by atoms with Gasteiger partial charge in [-0.1, -0.05) is 45.0 Å². The molecule has 4 amide bonds. The summed E-state index contributed by atoms with van der Waals surface area (Å²) in [5, 5.41) is 6.86. The molecule has 3 aliphatic carbocycles. The van der Waals surface area contributed by atoms with Gasteiger partial charge in [-0.25, -0.2) is 23.2 Å². The molecule has 5 atom stereocenters. The Kier molecular flexibility index (Phi) is 10.2. The lowest BCUT2D eigenvalue weighted by Crippen LogP contribution is -2.60. The lowest BCUT2D eigenvalue weighted by atomic mass is 9.85. The van der Waals surface area contributed by atoms with E-state index in [9.17, 15) is 27.6 Å². The minimum Gasteiger partial charge on any atom is -0.471 e. The Hall–Kier alpha value is -4.57. The van der Waals surface area contributed by atoms with Crippen molar-refractivity contribution in [1.82, 2.24) is 30.2 Å². The van der Waals surface area contributed by atoms with Crippen LogP contribution in [0.5, 0.6) is 5.88 Å². The predicted octanol–water partition coefficient (Wildman–Crippen LogP) is 4.46. The van der Waals surface area contributed by atoms with Gasteiger partial charge in [0.1, 0.15) is 35.5 Å². The molecule has 0 radical (unpaired) electrons. The summed E-state index contributed by atoms with van der Waals surface area (Å²) in [4.78, 5) is 67.5. The molecule has 4 fully saturated rings. The zero-order valence-electron chi connectivity index (χ0n) is 30.6. The second-order valence-electron chi connectivity index (χ2n) is 15.8. The Balaban J connectivity index is 1.18. The molecule has 0 unspecified atom stereocenters. The van der Waals surface area contributed by atoms with Crippen molar-refractivity contribution < 1.29 is 37.1 Å². The molecule has 3 aromatic rings. The molecule has 14 nitrogen and oxygen atoms in total. The summed E-state index contributed by atoms with van der Waals surface area (Å²) >= 11 is 1.47. The minimum absolute atomic E-state index is 0.0101. The third-order valence-corrected chi connectivity index (χ3v) is 13.3. The van der Waals surface area contributed by atoms with E-state index in [1.807, 2.05) is 41.8 Å². The van der Waals surface area contributed by atoms with Gasteiger partial charge in [-0.05, 0) is 73.9 Å². The topological polar surface area (TPSA) is 186 Å². The Bertz CT molecular complexity index is 2060. The first kappa shape index (κ1) is 37.7. The largest absolute Gasteiger partial charge is 0.471 e. The average Bonchev–Trinajstić information content (AvgIpc) is 3.88. The van der Waals surface area contributed by atoms with Crippen LogP contribution in [0.1, 0.15) is 72.1 Å². The number of carbonyl (C=O) groups is 4. The van der Waals surface area contributed by atoms with Crippen LogP contribution in [0.15, 0.2) is 54.4 Å². The third kappa shape index (κ3) is 7.81. The van der Waals surface area contributed by atoms with E-state index >= 15 is 0 Å². The number of para-hydroxylation sites is 2. The lowest BCUT2D eigenvalue weighted by Gasteiger charge is -2.35. The number of thiophene rings is 1. The number of nitrogens with one attached hydrogen (secondary N) is 3. The zero-order valence-corrected chi connectivity index (χ0v) is 32.2. The molecule has 3 saturated carbocycles. The fraction of sp³-hybridized carbons (Fsp3) is 0.526. The van der Waals surface area contributed by atoms with Crippen molar-refractivity contribution >= 4 is 56.2 Å². The standard InChI is InChI=1S/C38H46N6O8S2/c1-5-22-20-38(22,35(47)43-54(49,50)25-16-17-25)42-32(45)28-19-24(51-33-30(29-15-10-18-53-29)39-26-13-8-9-14-27(26)40-33)21-44(28)34(46)31(37(2,3)4)41-36(48)52-23-11-6-7-12-23/h5,8-10,13-15,18,22-25,28,31H,1,6-7,11-12,16-17,19-21H2,2-4H3,(H,41,48)(H,42,45)(H,43,47)/t22-,24-,28+,31-,38-/m1/s1. The summed E-state index contributed by atoms with van der Waals surface area (Å²) in [6.07, 6.45) is 4.31. The summed E-state index contributed by atoms with van der Waals surface area (Å²) in [7, 11) is -3.90. The van der Waals surface area contributed by atoms with Gasteiger partial charge < -0.3 is 25.0 Å². The second-order valence-corrected chi connectivity index (χ2v) is 18.7. The highest BCUT2D eigenvalue weighted by atomic mass is 32.2. The number of hydrogen-bond acceptors (Lipinski definition) is 11. The normalized spacial score (nSPS) is 24.8. The first-order valence-electron chi connectivity index (χ1n) is 18.4. The summed E-state index contributed by atoms with van der Waals surface area (Å²) in [5.41, 5.74) is -0.574. The molecule has 4 aliphatic rings.